The van der Waals surface area contributed by atoms with Gasteiger partial charge in [0.2, 0.25) is 0 Å². The lowest BCUT2D eigenvalue weighted by atomic mass is 10.8. The van der Waals surface area contributed by atoms with E-state index in [1.54, 1.807) is 0 Å². The molecule has 0 aromatic heterocycles. The van der Waals surface area contributed by atoms with Gasteiger partial charge in [-0.15, -0.1) is 0 Å². The average Bonchev–Trinajstić information content (AvgIpc) is 1.68. The maximum atomic E-state index is 6.47. The molecule has 0 saturated carbocycles. The van der Waals surface area contributed by atoms with E-state index >= 15 is 0 Å². The van der Waals surface area contributed by atoms with Gasteiger partial charge in [0.15, 0.2) is 5.29 Å². The number of halogens is 1. The molecule has 0 atom stereocenters. The van der Waals surface area contributed by atoms with Crippen LogP contribution in [0.15, 0.2) is 4.99 Å². The topological polar surface area (TPSA) is 48.2 Å². The summed E-state index contributed by atoms with van der Waals surface area (Å²) in [4.78, 5) is 3.43. The van der Waals surface area contributed by atoms with E-state index < -0.39 is 0 Å². The highest BCUT2D eigenvalue weighted by atomic mass is 35.5. The van der Waals surface area contributed by atoms with Gasteiger partial charge in [0.1, 0.15) is 6.34 Å². The van der Waals surface area contributed by atoms with Crippen LogP contribution < -0.4 is 5.32 Å². The smallest absolute Gasteiger partial charge is 0.197 e. The molecule has 0 amide bonds. The van der Waals surface area contributed by atoms with Crippen LogP contribution >= 0.6 is 11.6 Å². The van der Waals surface area contributed by atoms with Crippen molar-refractivity contribution in [3.05, 3.63) is 0 Å². The molecule has 2 N–H and O–H groups in total. The Kier molecular flexibility index (Phi) is 4.26. The standard InChI is InChI=1S/C4H8ClN3/c1-2-7-4(5)8-3-6/h3H,2H2,1H3,(H2,6,7,8). The van der Waals surface area contributed by atoms with E-state index in [9.17, 15) is 0 Å². The van der Waals surface area contributed by atoms with E-state index in [0.29, 0.717) is 0 Å². The Hall–Kier alpha value is -0.570. The molecule has 4 heteroatoms. The van der Waals surface area contributed by atoms with E-state index in [0.717, 1.165) is 12.9 Å². The van der Waals surface area contributed by atoms with E-state index in [1.165, 1.54) is 0 Å². The summed E-state index contributed by atoms with van der Waals surface area (Å²) in [5.74, 6) is 0. The lowest BCUT2D eigenvalue weighted by Gasteiger charge is -1.93. The Labute approximate surface area is 53.3 Å². The molecule has 0 radical (unpaired) electrons. The molecule has 0 aliphatic carbocycles. The Morgan fingerprint density at radius 2 is 2.62 bits per heavy atom. The lowest BCUT2D eigenvalue weighted by Crippen LogP contribution is -2.16. The van der Waals surface area contributed by atoms with Gasteiger partial charge in [0.25, 0.3) is 0 Å². The van der Waals surface area contributed by atoms with Crippen molar-refractivity contribution in [2.24, 2.45) is 4.99 Å². The van der Waals surface area contributed by atoms with Crippen molar-refractivity contribution in [1.82, 2.24) is 5.32 Å². The second kappa shape index (κ2) is 4.59. The Balaban J connectivity index is 3.44. The third-order valence-electron chi connectivity index (χ3n) is 0.501. The molecule has 0 unspecified atom stereocenters. The second-order valence-electron chi connectivity index (χ2n) is 1.08. The summed E-state index contributed by atoms with van der Waals surface area (Å²) in [7, 11) is 0. The second-order valence-corrected chi connectivity index (χ2v) is 1.44. The average molecular weight is 134 g/mol. The SMILES string of the molecule is CCN/C(Cl)=N\C=N. The number of nitrogens with one attached hydrogen (secondary N) is 2. The number of hydrogen-bond acceptors (Lipinski definition) is 1. The maximum absolute atomic E-state index is 6.47. The molecule has 0 bridgehead atoms. The molecule has 0 aromatic rings. The van der Waals surface area contributed by atoms with Gasteiger partial charge in [-0.05, 0) is 18.5 Å². The monoisotopic (exact) mass is 133 g/mol. The summed E-state index contributed by atoms with van der Waals surface area (Å²) < 4.78 is 0. The van der Waals surface area contributed by atoms with Gasteiger partial charge >= 0.3 is 0 Å². The van der Waals surface area contributed by atoms with Crippen LogP contribution in [0.2, 0.25) is 0 Å². The molecule has 0 saturated heterocycles. The molecule has 0 heterocycles. The first-order chi connectivity index (χ1) is 3.81. The minimum atomic E-state index is 0.266. The zero-order chi connectivity index (χ0) is 6.41. The fourth-order valence-electron chi connectivity index (χ4n) is 0.248. The molecule has 0 aliphatic rings. The largest absolute Gasteiger partial charge is 0.361 e. The lowest BCUT2D eigenvalue weighted by molar-refractivity contribution is 0.982. The molecular weight excluding hydrogens is 126 g/mol. The van der Waals surface area contributed by atoms with Crippen LogP contribution in [0, 0.1) is 5.41 Å². The number of aliphatic imine (C=N–C) groups is 1. The number of hydrogen-bond donors (Lipinski definition) is 2. The van der Waals surface area contributed by atoms with Crippen molar-refractivity contribution in [2.75, 3.05) is 6.54 Å². The first-order valence-corrected chi connectivity index (χ1v) is 2.65. The fourth-order valence-corrected chi connectivity index (χ4v) is 0.431. The highest BCUT2D eigenvalue weighted by Gasteiger charge is 1.82. The number of rotatable bonds is 2. The van der Waals surface area contributed by atoms with Crippen molar-refractivity contribution in [3.63, 3.8) is 0 Å². The van der Waals surface area contributed by atoms with E-state index in [2.05, 4.69) is 10.3 Å². The molecular formula is C4H8ClN3. The van der Waals surface area contributed by atoms with Crippen LogP contribution in [0.5, 0.6) is 0 Å². The van der Waals surface area contributed by atoms with Crippen molar-refractivity contribution < 1.29 is 0 Å². The summed E-state index contributed by atoms with van der Waals surface area (Å²) >= 11 is 5.37. The van der Waals surface area contributed by atoms with Crippen molar-refractivity contribution in [1.29, 1.82) is 5.41 Å². The first kappa shape index (κ1) is 7.43. The predicted molar refractivity (Wildman–Crippen MR) is 35.7 cm³/mol. The van der Waals surface area contributed by atoms with E-state index in [-0.39, 0.29) is 5.29 Å². The van der Waals surface area contributed by atoms with E-state index in [1.807, 2.05) is 6.92 Å². The van der Waals surface area contributed by atoms with Gasteiger partial charge in [-0.3, -0.25) is 5.41 Å². The molecule has 0 rings (SSSR count). The Morgan fingerprint density at radius 1 is 2.00 bits per heavy atom. The normalized spacial score (nSPS) is 11.0. The summed E-state index contributed by atoms with van der Waals surface area (Å²) in [5, 5.41) is 9.45. The number of nitrogens with zero attached hydrogens (tertiary/aromatic N) is 1. The van der Waals surface area contributed by atoms with E-state index in [4.69, 9.17) is 17.0 Å². The van der Waals surface area contributed by atoms with Gasteiger partial charge in [-0.1, -0.05) is 0 Å². The zero-order valence-electron chi connectivity index (χ0n) is 4.61. The minimum Gasteiger partial charge on any atom is -0.361 e. The summed E-state index contributed by atoms with van der Waals surface area (Å²) in [6.07, 6.45) is 0.894. The van der Waals surface area contributed by atoms with Gasteiger partial charge < -0.3 is 5.32 Å². The fraction of sp³-hybridized carbons (Fsp3) is 0.500. The van der Waals surface area contributed by atoms with Crippen LogP contribution in [0.1, 0.15) is 6.92 Å². The van der Waals surface area contributed by atoms with Gasteiger partial charge in [0.05, 0.1) is 0 Å². The molecule has 0 aromatic carbocycles. The zero-order valence-corrected chi connectivity index (χ0v) is 5.37. The predicted octanol–water partition coefficient (Wildman–Crippen LogP) is 0.798. The minimum absolute atomic E-state index is 0.266. The quantitative estimate of drug-likeness (QED) is 0.327. The Morgan fingerprint density at radius 3 is 3.00 bits per heavy atom. The van der Waals surface area contributed by atoms with Crippen LogP contribution in [0.4, 0.5) is 0 Å². The molecule has 0 aliphatic heterocycles. The van der Waals surface area contributed by atoms with Crippen molar-refractivity contribution >= 4 is 23.2 Å². The van der Waals surface area contributed by atoms with Gasteiger partial charge in [-0.25, -0.2) is 4.99 Å². The first-order valence-electron chi connectivity index (χ1n) is 2.27. The van der Waals surface area contributed by atoms with Crippen LogP contribution in [0.3, 0.4) is 0 Å². The summed E-state index contributed by atoms with van der Waals surface area (Å²) in [5.41, 5.74) is 0. The molecule has 8 heavy (non-hydrogen) atoms. The van der Waals surface area contributed by atoms with Crippen molar-refractivity contribution in [2.45, 2.75) is 6.92 Å². The summed E-state index contributed by atoms with van der Waals surface area (Å²) in [6.45, 7) is 2.64. The molecule has 46 valence electrons. The summed E-state index contributed by atoms with van der Waals surface area (Å²) in [6, 6.07) is 0. The molecule has 3 nitrogen and oxygen atoms in total. The molecule has 0 fully saturated rings. The Bertz CT molecular complexity index is 99.5. The van der Waals surface area contributed by atoms with Gasteiger partial charge in [-0.2, -0.15) is 0 Å². The highest BCUT2D eigenvalue weighted by molar-refractivity contribution is 6.65. The van der Waals surface area contributed by atoms with Crippen LogP contribution in [-0.2, 0) is 0 Å². The van der Waals surface area contributed by atoms with Gasteiger partial charge in [0, 0.05) is 6.54 Å². The van der Waals surface area contributed by atoms with Crippen LogP contribution in [-0.4, -0.2) is 18.2 Å². The number of amidine groups is 1. The maximum Gasteiger partial charge on any atom is 0.197 e. The highest BCUT2D eigenvalue weighted by Crippen LogP contribution is 1.76. The third kappa shape index (κ3) is 3.61. The third-order valence-corrected chi connectivity index (χ3v) is 0.732. The van der Waals surface area contributed by atoms with Crippen LogP contribution in [0.25, 0.3) is 0 Å². The van der Waals surface area contributed by atoms with Crippen molar-refractivity contribution in [3.8, 4) is 0 Å². The molecule has 0 spiro atoms.